The van der Waals surface area contributed by atoms with Crippen molar-refractivity contribution in [2.75, 3.05) is 30.8 Å². The molecule has 1 atom stereocenters. The fourth-order valence-corrected chi connectivity index (χ4v) is 2.94. The van der Waals surface area contributed by atoms with Crippen LogP contribution in [0, 0.1) is 6.92 Å². The van der Waals surface area contributed by atoms with Crippen molar-refractivity contribution < 1.29 is 4.79 Å². The summed E-state index contributed by atoms with van der Waals surface area (Å²) >= 11 is 3.48. The maximum atomic E-state index is 11.9. The average Bonchev–Trinajstić information content (AvgIpc) is 3.12. The van der Waals surface area contributed by atoms with Crippen molar-refractivity contribution in [1.82, 2.24) is 20.6 Å². The molecule has 0 radical (unpaired) electrons. The zero-order valence-corrected chi connectivity index (χ0v) is 15.8. The van der Waals surface area contributed by atoms with Gasteiger partial charge in [-0.2, -0.15) is 4.98 Å². The molecule has 1 fully saturated rings. The van der Waals surface area contributed by atoms with Crippen LogP contribution in [0.3, 0.4) is 0 Å². The number of anilines is 3. The fraction of sp³-hybridized carbons (Fsp3) is 0.353. The van der Waals surface area contributed by atoms with Crippen LogP contribution in [0.15, 0.2) is 28.9 Å². The molecule has 2 heterocycles. The van der Waals surface area contributed by atoms with E-state index in [-0.39, 0.29) is 5.91 Å². The zero-order valence-electron chi connectivity index (χ0n) is 14.2. The van der Waals surface area contributed by atoms with Gasteiger partial charge in [-0.1, -0.05) is 6.07 Å². The first kappa shape index (κ1) is 17.6. The lowest BCUT2D eigenvalue weighted by Gasteiger charge is -2.15. The third kappa shape index (κ3) is 4.26. The van der Waals surface area contributed by atoms with Gasteiger partial charge < -0.3 is 21.3 Å². The molecule has 1 saturated heterocycles. The van der Waals surface area contributed by atoms with Gasteiger partial charge in [0.15, 0.2) is 0 Å². The monoisotopic (exact) mass is 404 g/mol. The molecule has 0 spiro atoms. The van der Waals surface area contributed by atoms with E-state index in [0.29, 0.717) is 23.4 Å². The van der Waals surface area contributed by atoms with Crippen LogP contribution in [0.25, 0.3) is 0 Å². The smallest absolute Gasteiger partial charge is 0.251 e. The molecule has 1 aromatic heterocycles. The van der Waals surface area contributed by atoms with E-state index < -0.39 is 0 Å². The SMILES string of the molecule is CNC(=O)c1ccc(C)c(Nc2nc(NC3CCNC3)ncc2Br)c1. The second-order valence-electron chi connectivity index (χ2n) is 5.96. The van der Waals surface area contributed by atoms with Crippen LogP contribution < -0.4 is 21.3 Å². The van der Waals surface area contributed by atoms with Crippen molar-refractivity contribution in [3.8, 4) is 0 Å². The molecule has 1 aromatic carbocycles. The Balaban J connectivity index is 1.83. The number of amides is 1. The van der Waals surface area contributed by atoms with Gasteiger partial charge in [-0.3, -0.25) is 4.79 Å². The normalized spacial score (nSPS) is 16.5. The Morgan fingerprint density at radius 3 is 2.96 bits per heavy atom. The van der Waals surface area contributed by atoms with Gasteiger partial charge in [0.25, 0.3) is 5.91 Å². The van der Waals surface area contributed by atoms with E-state index in [1.54, 1.807) is 19.3 Å². The molecular formula is C17H21BrN6O. The number of rotatable bonds is 5. The van der Waals surface area contributed by atoms with Gasteiger partial charge in [-0.25, -0.2) is 4.98 Å². The van der Waals surface area contributed by atoms with Crippen LogP contribution in [0.1, 0.15) is 22.3 Å². The van der Waals surface area contributed by atoms with Crippen molar-refractivity contribution in [2.24, 2.45) is 0 Å². The first-order valence-corrected chi connectivity index (χ1v) is 8.95. The van der Waals surface area contributed by atoms with Crippen LogP contribution >= 0.6 is 15.9 Å². The topological polar surface area (TPSA) is 91.0 Å². The van der Waals surface area contributed by atoms with E-state index in [1.165, 1.54) is 0 Å². The van der Waals surface area contributed by atoms with Crippen LogP contribution in [0.2, 0.25) is 0 Å². The number of carbonyl (C=O) groups is 1. The number of hydrogen-bond acceptors (Lipinski definition) is 6. The van der Waals surface area contributed by atoms with Crippen molar-refractivity contribution >= 4 is 39.3 Å². The number of benzene rings is 1. The number of aromatic nitrogens is 2. The largest absolute Gasteiger partial charge is 0.355 e. The molecule has 1 amide bonds. The van der Waals surface area contributed by atoms with Crippen molar-refractivity contribution in [1.29, 1.82) is 0 Å². The minimum absolute atomic E-state index is 0.124. The van der Waals surface area contributed by atoms with Crippen LogP contribution in [0.5, 0.6) is 0 Å². The van der Waals surface area contributed by atoms with Gasteiger partial charge >= 0.3 is 0 Å². The van der Waals surface area contributed by atoms with Crippen LogP contribution in [-0.2, 0) is 0 Å². The van der Waals surface area contributed by atoms with Crippen molar-refractivity contribution in [3.05, 3.63) is 40.0 Å². The quantitative estimate of drug-likeness (QED) is 0.611. The summed E-state index contributed by atoms with van der Waals surface area (Å²) < 4.78 is 0.757. The molecule has 4 N–H and O–H groups in total. The molecule has 3 rings (SSSR count). The Morgan fingerprint density at radius 2 is 2.24 bits per heavy atom. The number of aryl methyl sites for hydroxylation is 1. The molecule has 1 aliphatic rings. The predicted molar refractivity (Wildman–Crippen MR) is 102 cm³/mol. The van der Waals surface area contributed by atoms with Gasteiger partial charge in [-0.05, 0) is 53.5 Å². The molecule has 8 heteroatoms. The standard InChI is InChI=1S/C17H21BrN6O/c1-10-3-4-11(16(25)19-2)7-14(10)23-15-13(18)9-21-17(24-15)22-12-5-6-20-8-12/h3-4,7,9,12,20H,5-6,8H2,1-2H3,(H,19,25)(H2,21,22,23,24). The summed E-state index contributed by atoms with van der Waals surface area (Å²) in [6, 6.07) is 5.86. The molecule has 1 aliphatic heterocycles. The van der Waals surface area contributed by atoms with Crippen molar-refractivity contribution in [2.45, 2.75) is 19.4 Å². The molecular weight excluding hydrogens is 384 g/mol. The first-order valence-electron chi connectivity index (χ1n) is 8.16. The lowest BCUT2D eigenvalue weighted by molar-refractivity contribution is 0.0963. The Hall–Kier alpha value is -2.19. The average molecular weight is 405 g/mol. The summed E-state index contributed by atoms with van der Waals surface area (Å²) in [4.78, 5) is 20.7. The van der Waals surface area contributed by atoms with Gasteiger partial charge in [0, 0.05) is 37.1 Å². The Kier molecular flexibility index (Phi) is 5.50. The Morgan fingerprint density at radius 1 is 1.40 bits per heavy atom. The molecule has 7 nitrogen and oxygen atoms in total. The molecule has 2 aromatic rings. The van der Waals surface area contributed by atoms with Crippen molar-refractivity contribution in [3.63, 3.8) is 0 Å². The minimum atomic E-state index is -0.124. The lowest BCUT2D eigenvalue weighted by atomic mass is 10.1. The highest BCUT2D eigenvalue weighted by Crippen LogP contribution is 2.27. The van der Waals surface area contributed by atoms with E-state index in [4.69, 9.17) is 0 Å². The van der Waals surface area contributed by atoms with E-state index in [2.05, 4.69) is 47.2 Å². The maximum Gasteiger partial charge on any atom is 0.251 e. The van der Waals surface area contributed by atoms with Gasteiger partial charge in [-0.15, -0.1) is 0 Å². The second kappa shape index (κ2) is 7.79. The number of hydrogen-bond donors (Lipinski definition) is 4. The highest BCUT2D eigenvalue weighted by molar-refractivity contribution is 9.10. The van der Waals surface area contributed by atoms with Gasteiger partial charge in [0.05, 0.1) is 4.47 Å². The summed E-state index contributed by atoms with van der Waals surface area (Å²) in [6.07, 6.45) is 2.77. The van der Waals surface area contributed by atoms with Crippen LogP contribution in [0.4, 0.5) is 17.5 Å². The molecule has 132 valence electrons. The van der Waals surface area contributed by atoms with Gasteiger partial charge in [0.1, 0.15) is 5.82 Å². The molecule has 25 heavy (non-hydrogen) atoms. The third-order valence-corrected chi connectivity index (χ3v) is 4.70. The third-order valence-electron chi connectivity index (χ3n) is 4.12. The minimum Gasteiger partial charge on any atom is -0.355 e. The highest BCUT2D eigenvalue weighted by Gasteiger charge is 2.16. The van der Waals surface area contributed by atoms with Crippen LogP contribution in [-0.4, -0.2) is 42.1 Å². The van der Waals surface area contributed by atoms with E-state index >= 15 is 0 Å². The molecule has 1 unspecified atom stereocenters. The number of nitrogens with zero attached hydrogens (tertiary/aromatic N) is 2. The molecule has 0 bridgehead atoms. The van der Waals surface area contributed by atoms with E-state index in [9.17, 15) is 4.79 Å². The van der Waals surface area contributed by atoms with Gasteiger partial charge in [0.2, 0.25) is 5.95 Å². The summed E-state index contributed by atoms with van der Waals surface area (Å²) in [7, 11) is 1.62. The Labute approximate surface area is 155 Å². The first-order chi connectivity index (χ1) is 12.1. The fourth-order valence-electron chi connectivity index (χ4n) is 2.65. The summed E-state index contributed by atoms with van der Waals surface area (Å²) in [5.74, 6) is 1.11. The van der Waals surface area contributed by atoms with E-state index in [0.717, 1.165) is 35.2 Å². The molecule has 0 aliphatic carbocycles. The second-order valence-corrected chi connectivity index (χ2v) is 6.81. The number of halogens is 1. The number of carbonyl (C=O) groups excluding carboxylic acids is 1. The lowest BCUT2D eigenvalue weighted by Crippen LogP contribution is -2.23. The van der Waals surface area contributed by atoms with E-state index in [1.807, 2.05) is 19.1 Å². The highest BCUT2D eigenvalue weighted by atomic mass is 79.9. The number of nitrogens with one attached hydrogen (secondary N) is 4. The predicted octanol–water partition coefficient (Wildman–Crippen LogP) is 2.42. The zero-order chi connectivity index (χ0) is 17.8. The maximum absolute atomic E-state index is 11.9. The summed E-state index contributed by atoms with van der Waals surface area (Å²) in [5, 5.41) is 12.6. The molecule has 0 saturated carbocycles. The summed E-state index contributed by atoms with van der Waals surface area (Å²) in [6.45, 7) is 3.90. The summed E-state index contributed by atoms with van der Waals surface area (Å²) in [5.41, 5.74) is 2.44. The Bertz CT molecular complexity index is 776.